The van der Waals surface area contributed by atoms with Gasteiger partial charge in [-0.15, -0.1) is 0 Å². The molecule has 0 radical (unpaired) electrons. The first-order valence-corrected chi connectivity index (χ1v) is 8.31. The van der Waals surface area contributed by atoms with Crippen LogP contribution >= 0.6 is 7.60 Å². The highest BCUT2D eigenvalue weighted by Gasteiger charge is 2.34. The van der Waals surface area contributed by atoms with Crippen molar-refractivity contribution in [1.82, 2.24) is 0 Å². The van der Waals surface area contributed by atoms with Gasteiger partial charge in [-0.2, -0.15) is 13.2 Å². The smallest absolute Gasteiger partial charge is 0.368 e. The van der Waals surface area contributed by atoms with Gasteiger partial charge < -0.3 is 15.1 Å². The molecule has 0 fully saturated rings. The van der Waals surface area contributed by atoms with Crippen LogP contribution in [0.3, 0.4) is 0 Å². The summed E-state index contributed by atoms with van der Waals surface area (Å²) in [5.41, 5.74) is 0.174. The van der Waals surface area contributed by atoms with Crippen LogP contribution in [0.15, 0.2) is 48.5 Å². The first-order chi connectivity index (χ1) is 10.6. The number of hydrogen-bond donors (Lipinski definition) is 3. The summed E-state index contributed by atoms with van der Waals surface area (Å²) < 4.78 is 50.1. The summed E-state index contributed by atoms with van der Waals surface area (Å²) in [5, 5.41) is 2.62. The maximum atomic E-state index is 12.8. The fraction of sp³-hybridized carbons (Fsp3) is 0.200. The van der Waals surface area contributed by atoms with Gasteiger partial charge in [-0.05, 0) is 42.3 Å². The van der Waals surface area contributed by atoms with Gasteiger partial charge in [0.05, 0.1) is 5.56 Å². The average molecular weight is 345 g/mol. The summed E-state index contributed by atoms with van der Waals surface area (Å²) in [4.78, 5) is 19.0. The molecule has 2 rings (SSSR count). The van der Waals surface area contributed by atoms with Gasteiger partial charge in [-0.3, -0.25) is 4.57 Å². The average Bonchev–Trinajstić information content (AvgIpc) is 2.43. The molecule has 23 heavy (non-hydrogen) atoms. The van der Waals surface area contributed by atoms with Crippen molar-refractivity contribution < 1.29 is 27.5 Å². The molecule has 0 aliphatic rings. The lowest BCUT2D eigenvalue weighted by atomic mass is 10.1. The summed E-state index contributed by atoms with van der Waals surface area (Å²) in [5.74, 6) is -1.56. The van der Waals surface area contributed by atoms with E-state index < -0.39 is 25.1 Å². The van der Waals surface area contributed by atoms with E-state index in [0.29, 0.717) is 5.69 Å². The number of alkyl halides is 3. The Labute approximate surface area is 131 Å². The second kappa shape index (κ2) is 6.35. The van der Waals surface area contributed by atoms with Crippen LogP contribution in [0, 0.1) is 6.92 Å². The van der Waals surface area contributed by atoms with Gasteiger partial charge >= 0.3 is 13.8 Å². The Kier molecular flexibility index (Phi) is 4.84. The van der Waals surface area contributed by atoms with E-state index in [1.807, 2.05) is 0 Å². The second-order valence-electron chi connectivity index (χ2n) is 5.13. The van der Waals surface area contributed by atoms with Gasteiger partial charge in [0.2, 0.25) is 0 Å². The van der Waals surface area contributed by atoms with E-state index in [1.165, 1.54) is 6.07 Å². The fourth-order valence-corrected chi connectivity index (χ4v) is 3.01. The van der Waals surface area contributed by atoms with Crippen molar-refractivity contribution in [2.45, 2.75) is 18.9 Å². The van der Waals surface area contributed by atoms with Crippen LogP contribution in [0.1, 0.15) is 22.5 Å². The van der Waals surface area contributed by atoms with E-state index in [4.69, 9.17) is 0 Å². The molecule has 0 heterocycles. The molecule has 4 nitrogen and oxygen atoms in total. The topological polar surface area (TPSA) is 69.6 Å². The van der Waals surface area contributed by atoms with Crippen molar-refractivity contribution in [2.24, 2.45) is 0 Å². The zero-order valence-electron chi connectivity index (χ0n) is 12.1. The summed E-state index contributed by atoms with van der Waals surface area (Å²) in [7, 11) is -4.73. The molecule has 2 aromatic carbocycles. The molecule has 0 spiro atoms. The molecule has 124 valence electrons. The minimum atomic E-state index is -4.73. The lowest BCUT2D eigenvalue weighted by Gasteiger charge is -2.22. The lowest BCUT2D eigenvalue weighted by Crippen LogP contribution is -2.13. The number of rotatable bonds is 4. The third kappa shape index (κ3) is 4.58. The van der Waals surface area contributed by atoms with Gasteiger partial charge in [0.25, 0.3) is 0 Å². The SMILES string of the molecule is Cc1cccc(NC(c2cccc(C(F)(F)F)c2)P(=O)(O)O)c1. The van der Waals surface area contributed by atoms with Crippen LogP contribution in [0.4, 0.5) is 18.9 Å². The Morgan fingerprint density at radius 1 is 1.09 bits per heavy atom. The van der Waals surface area contributed by atoms with Crippen molar-refractivity contribution in [2.75, 3.05) is 5.32 Å². The van der Waals surface area contributed by atoms with Crippen molar-refractivity contribution in [1.29, 1.82) is 0 Å². The summed E-state index contributed by atoms with van der Waals surface area (Å²) in [6, 6.07) is 10.7. The minimum Gasteiger partial charge on any atom is -0.368 e. The number of halogens is 3. The van der Waals surface area contributed by atoms with E-state index in [0.717, 1.165) is 23.8 Å². The molecular formula is C15H15F3NO3P. The third-order valence-electron chi connectivity index (χ3n) is 3.19. The van der Waals surface area contributed by atoms with Crippen LogP contribution in [-0.2, 0) is 10.7 Å². The number of benzene rings is 2. The Bertz CT molecular complexity index is 743. The summed E-state index contributed by atoms with van der Waals surface area (Å²) >= 11 is 0. The highest BCUT2D eigenvalue weighted by Crippen LogP contribution is 2.52. The monoisotopic (exact) mass is 345 g/mol. The van der Waals surface area contributed by atoms with Crippen molar-refractivity contribution in [3.8, 4) is 0 Å². The van der Waals surface area contributed by atoms with E-state index in [-0.39, 0.29) is 5.56 Å². The van der Waals surface area contributed by atoms with E-state index in [2.05, 4.69) is 5.32 Å². The molecule has 1 atom stereocenters. The number of nitrogens with one attached hydrogen (secondary N) is 1. The Hall–Kier alpha value is -1.82. The number of aryl methyl sites for hydroxylation is 1. The molecule has 0 aromatic heterocycles. The van der Waals surface area contributed by atoms with Gasteiger partial charge in [-0.25, -0.2) is 0 Å². The maximum Gasteiger partial charge on any atom is 0.416 e. The van der Waals surface area contributed by atoms with Crippen molar-refractivity contribution in [3.05, 3.63) is 65.2 Å². The highest BCUT2D eigenvalue weighted by atomic mass is 31.2. The molecule has 1 unspecified atom stereocenters. The maximum absolute atomic E-state index is 12.8. The van der Waals surface area contributed by atoms with Crippen LogP contribution in [0.2, 0.25) is 0 Å². The normalized spacial score (nSPS) is 13.7. The van der Waals surface area contributed by atoms with Gasteiger partial charge in [0, 0.05) is 5.69 Å². The molecular weight excluding hydrogens is 330 g/mol. The van der Waals surface area contributed by atoms with Crippen LogP contribution in [0.25, 0.3) is 0 Å². The van der Waals surface area contributed by atoms with Crippen LogP contribution in [0.5, 0.6) is 0 Å². The molecule has 0 aliphatic heterocycles. The molecule has 0 bridgehead atoms. The van der Waals surface area contributed by atoms with Crippen molar-refractivity contribution in [3.63, 3.8) is 0 Å². The minimum absolute atomic E-state index is 0.130. The Balaban J connectivity index is 2.42. The molecule has 2 aromatic rings. The van der Waals surface area contributed by atoms with Crippen molar-refractivity contribution >= 4 is 13.3 Å². The quantitative estimate of drug-likeness (QED) is 0.723. The molecule has 0 saturated carbocycles. The molecule has 3 N–H and O–H groups in total. The predicted octanol–water partition coefficient (Wildman–Crippen LogP) is 4.30. The van der Waals surface area contributed by atoms with Gasteiger partial charge in [0.1, 0.15) is 0 Å². The van der Waals surface area contributed by atoms with Gasteiger partial charge in [-0.1, -0.05) is 24.3 Å². The van der Waals surface area contributed by atoms with Crippen LogP contribution in [-0.4, -0.2) is 9.79 Å². The number of hydrogen-bond acceptors (Lipinski definition) is 2. The van der Waals surface area contributed by atoms with E-state index >= 15 is 0 Å². The van der Waals surface area contributed by atoms with Gasteiger partial charge in [0.15, 0.2) is 5.78 Å². The molecule has 0 aliphatic carbocycles. The van der Waals surface area contributed by atoms with E-state index in [9.17, 15) is 27.5 Å². The Morgan fingerprint density at radius 2 is 1.74 bits per heavy atom. The fourth-order valence-electron chi connectivity index (χ4n) is 2.14. The first kappa shape index (κ1) is 17.5. The largest absolute Gasteiger partial charge is 0.416 e. The predicted molar refractivity (Wildman–Crippen MR) is 81.0 cm³/mol. The Morgan fingerprint density at radius 3 is 2.30 bits per heavy atom. The van der Waals surface area contributed by atoms with E-state index in [1.54, 1.807) is 31.2 Å². The molecule has 8 heteroatoms. The zero-order valence-corrected chi connectivity index (χ0v) is 13.0. The second-order valence-corrected chi connectivity index (χ2v) is 6.82. The summed E-state index contributed by atoms with van der Waals surface area (Å²) in [6.45, 7) is 1.79. The lowest BCUT2D eigenvalue weighted by molar-refractivity contribution is -0.137. The molecule has 0 saturated heterocycles. The number of anilines is 1. The first-order valence-electron chi connectivity index (χ1n) is 6.63. The summed E-state index contributed by atoms with van der Waals surface area (Å²) in [6.07, 6.45) is -4.58. The highest BCUT2D eigenvalue weighted by molar-refractivity contribution is 7.52. The third-order valence-corrected chi connectivity index (χ3v) is 4.29. The standard InChI is InChI=1S/C15H15F3NO3P/c1-10-4-2-7-13(8-10)19-14(23(20,21)22)11-5-3-6-12(9-11)15(16,17)18/h2-9,14,19H,1H3,(H2,20,21,22). The van der Waals surface area contributed by atoms with Crippen LogP contribution < -0.4 is 5.32 Å². The molecule has 0 amide bonds. The zero-order chi connectivity index (χ0) is 17.3.